The molecule has 0 saturated heterocycles. The zero-order valence-corrected chi connectivity index (χ0v) is 11.4. The lowest BCUT2D eigenvalue weighted by atomic mass is 10.2. The first-order valence-electron chi connectivity index (χ1n) is 5.71. The van der Waals surface area contributed by atoms with Crippen molar-refractivity contribution in [2.75, 3.05) is 0 Å². The van der Waals surface area contributed by atoms with Gasteiger partial charge in [0.2, 0.25) is 0 Å². The van der Waals surface area contributed by atoms with Gasteiger partial charge in [0.05, 0.1) is 12.2 Å². The van der Waals surface area contributed by atoms with Crippen LogP contribution >= 0.6 is 9.24 Å². The van der Waals surface area contributed by atoms with Crippen LogP contribution in [0.25, 0.3) is 6.08 Å². The van der Waals surface area contributed by atoms with Gasteiger partial charge in [0.15, 0.2) is 0 Å². The number of aryl methyl sites for hydroxylation is 1. The summed E-state index contributed by atoms with van der Waals surface area (Å²) in [5.41, 5.74) is 3.55. The molecule has 0 aliphatic carbocycles. The minimum absolute atomic E-state index is 0.818. The second kappa shape index (κ2) is 5.29. The standard InChI is InChI=1S/C14H17N2P/c1-3-6-13-11(2)9-16(15-13)10-12-7-4-5-8-14(12)17/h3-9H,10,17H2,1-2H3/b6-3-. The fourth-order valence-corrected chi connectivity index (χ4v) is 2.09. The van der Waals surface area contributed by atoms with Gasteiger partial charge in [0.25, 0.3) is 0 Å². The molecule has 1 aromatic heterocycles. The highest BCUT2D eigenvalue weighted by molar-refractivity contribution is 7.27. The van der Waals surface area contributed by atoms with E-state index < -0.39 is 0 Å². The maximum atomic E-state index is 4.56. The van der Waals surface area contributed by atoms with Crippen LogP contribution in [0.4, 0.5) is 0 Å². The van der Waals surface area contributed by atoms with Crippen molar-refractivity contribution in [3.63, 3.8) is 0 Å². The molecule has 0 amide bonds. The Kier molecular flexibility index (Phi) is 3.75. The molecular formula is C14H17N2P. The number of benzene rings is 1. The van der Waals surface area contributed by atoms with Crippen molar-refractivity contribution in [1.29, 1.82) is 0 Å². The van der Waals surface area contributed by atoms with Crippen LogP contribution in [0.1, 0.15) is 23.7 Å². The molecule has 1 atom stereocenters. The maximum absolute atomic E-state index is 4.56. The molecule has 2 aromatic rings. The molecule has 0 N–H and O–H groups in total. The number of nitrogens with zero attached hydrogens (tertiary/aromatic N) is 2. The number of hydrogen-bond acceptors (Lipinski definition) is 1. The average Bonchev–Trinajstić information content (AvgIpc) is 2.63. The molecule has 1 aromatic carbocycles. The van der Waals surface area contributed by atoms with Gasteiger partial charge in [0, 0.05) is 6.20 Å². The van der Waals surface area contributed by atoms with Crippen molar-refractivity contribution in [2.24, 2.45) is 0 Å². The third-order valence-corrected chi connectivity index (χ3v) is 3.26. The van der Waals surface area contributed by atoms with Gasteiger partial charge in [-0.2, -0.15) is 5.10 Å². The lowest BCUT2D eigenvalue weighted by Crippen LogP contribution is -2.08. The molecule has 0 saturated carbocycles. The van der Waals surface area contributed by atoms with Crippen molar-refractivity contribution in [1.82, 2.24) is 9.78 Å². The summed E-state index contributed by atoms with van der Waals surface area (Å²) in [5.74, 6) is 0. The van der Waals surface area contributed by atoms with Crippen LogP contribution in [0.5, 0.6) is 0 Å². The minimum atomic E-state index is 0.818. The average molecular weight is 244 g/mol. The quantitative estimate of drug-likeness (QED) is 0.759. The van der Waals surface area contributed by atoms with Gasteiger partial charge < -0.3 is 0 Å². The van der Waals surface area contributed by atoms with Crippen LogP contribution in [-0.2, 0) is 6.54 Å². The number of allylic oxidation sites excluding steroid dienone is 1. The molecule has 0 fully saturated rings. The van der Waals surface area contributed by atoms with Crippen molar-refractivity contribution in [2.45, 2.75) is 20.4 Å². The van der Waals surface area contributed by atoms with Gasteiger partial charge in [-0.25, -0.2) is 0 Å². The molecule has 2 nitrogen and oxygen atoms in total. The molecular weight excluding hydrogens is 227 g/mol. The van der Waals surface area contributed by atoms with Crippen LogP contribution in [0.15, 0.2) is 36.5 Å². The smallest absolute Gasteiger partial charge is 0.0876 e. The van der Waals surface area contributed by atoms with Crippen LogP contribution in [-0.4, -0.2) is 9.78 Å². The topological polar surface area (TPSA) is 17.8 Å². The summed E-state index contributed by atoms with van der Waals surface area (Å²) < 4.78 is 1.99. The van der Waals surface area contributed by atoms with Crippen LogP contribution in [0, 0.1) is 6.92 Å². The summed E-state index contributed by atoms with van der Waals surface area (Å²) in [6.45, 7) is 4.92. The van der Waals surface area contributed by atoms with Crippen LogP contribution < -0.4 is 5.30 Å². The molecule has 3 heteroatoms. The molecule has 0 spiro atoms. The monoisotopic (exact) mass is 244 g/mol. The highest BCUT2D eigenvalue weighted by atomic mass is 31.0. The van der Waals surface area contributed by atoms with Gasteiger partial charge in [-0.05, 0) is 36.4 Å². The fourth-order valence-electron chi connectivity index (χ4n) is 1.79. The third-order valence-electron chi connectivity index (χ3n) is 2.69. The van der Waals surface area contributed by atoms with E-state index in [1.165, 1.54) is 16.4 Å². The predicted molar refractivity (Wildman–Crippen MR) is 76.6 cm³/mol. The SMILES string of the molecule is C/C=C\c1nn(Cc2ccccc2P)cc1C. The van der Waals surface area contributed by atoms with Gasteiger partial charge >= 0.3 is 0 Å². The minimum Gasteiger partial charge on any atom is -0.267 e. The second-order valence-corrected chi connectivity index (χ2v) is 4.72. The predicted octanol–water partition coefficient (Wildman–Crippen LogP) is 2.77. The number of rotatable bonds is 3. The summed E-state index contributed by atoms with van der Waals surface area (Å²) in [6.07, 6.45) is 6.15. The van der Waals surface area contributed by atoms with Crippen molar-refractivity contribution in [3.05, 3.63) is 53.4 Å². The molecule has 88 valence electrons. The van der Waals surface area contributed by atoms with E-state index in [4.69, 9.17) is 0 Å². The lowest BCUT2D eigenvalue weighted by molar-refractivity contribution is 0.687. The van der Waals surface area contributed by atoms with Gasteiger partial charge in [-0.3, -0.25) is 4.68 Å². The Morgan fingerprint density at radius 3 is 2.82 bits per heavy atom. The van der Waals surface area contributed by atoms with Crippen molar-refractivity contribution in [3.8, 4) is 0 Å². The highest BCUT2D eigenvalue weighted by Crippen LogP contribution is 2.09. The molecule has 1 heterocycles. The van der Waals surface area contributed by atoms with E-state index in [0.717, 1.165) is 12.2 Å². The van der Waals surface area contributed by atoms with E-state index in [-0.39, 0.29) is 0 Å². The molecule has 0 aliphatic rings. The van der Waals surface area contributed by atoms with Gasteiger partial charge in [0.1, 0.15) is 0 Å². The molecule has 2 rings (SSSR count). The highest BCUT2D eigenvalue weighted by Gasteiger charge is 2.03. The molecule has 0 aliphatic heterocycles. The Balaban J connectivity index is 2.25. The summed E-state index contributed by atoms with van der Waals surface area (Å²) in [5, 5.41) is 5.79. The fraction of sp³-hybridized carbons (Fsp3) is 0.214. The summed E-state index contributed by atoms with van der Waals surface area (Å²) in [7, 11) is 2.77. The van der Waals surface area contributed by atoms with Crippen LogP contribution in [0.3, 0.4) is 0 Å². The lowest BCUT2D eigenvalue weighted by Gasteiger charge is -2.04. The number of aromatic nitrogens is 2. The molecule has 0 radical (unpaired) electrons. The van der Waals surface area contributed by atoms with Gasteiger partial charge in [-0.15, -0.1) is 9.24 Å². The zero-order valence-electron chi connectivity index (χ0n) is 10.2. The first-order valence-corrected chi connectivity index (χ1v) is 6.28. The Labute approximate surface area is 105 Å². The van der Waals surface area contributed by atoms with Crippen LogP contribution in [0.2, 0.25) is 0 Å². The van der Waals surface area contributed by atoms with E-state index in [1.54, 1.807) is 0 Å². The Hall–Kier alpha value is -1.40. The summed E-state index contributed by atoms with van der Waals surface area (Å²) in [6, 6.07) is 8.34. The second-order valence-electron chi connectivity index (χ2n) is 4.09. The first kappa shape index (κ1) is 12.1. The van der Waals surface area contributed by atoms with E-state index in [0.29, 0.717) is 0 Å². The largest absolute Gasteiger partial charge is 0.267 e. The summed E-state index contributed by atoms with van der Waals surface area (Å²) in [4.78, 5) is 0. The van der Waals surface area contributed by atoms with Gasteiger partial charge in [-0.1, -0.05) is 30.3 Å². The van der Waals surface area contributed by atoms with E-state index in [9.17, 15) is 0 Å². The van der Waals surface area contributed by atoms with Crippen molar-refractivity contribution >= 4 is 20.6 Å². The third kappa shape index (κ3) is 2.83. The Morgan fingerprint density at radius 1 is 1.35 bits per heavy atom. The normalized spacial score (nSPS) is 11.2. The number of hydrogen-bond donors (Lipinski definition) is 0. The van der Waals surface area contributed by atoms with E-state index in [2.05, 4.69) is 45.7 Å². The maximum Gasteiger partial charge on any atom is 0.0876 e. The van der Waals surface area contributed by atoms with Crippen molar-refractivity contribution < 1.29 is 0 Å². The molecule has 17 heavy (non-hydrogen) atoms. The summed E-state index contributed by atoms with van der Waals surface area (Å²) >= 11 is 0. The van der Waals surface area contributed by atoms with E-state index in [1.807, 2.05) is 29.8 Å². The molecule has 1 unspecified atom stereocenters. The zero-order chi connectivity index (χ0) is 12.3. The Bertz CT molecular complexity index is 541. The van der Waals surface area contributed by atoms with E-state index >= 15 is 0 Å². The molecule has 0 bridgehead atoms. The first-order chi connectivity index (χ1) is 8.20. The Morgan fingerprint density at radius 2 is 2.12 bits per heavy atom.